The predicted molar refractivity (Wildman–Crippen MR) is 73.3 cm³/mol. The van der Waals surface area contributed by atoms with E-state index in [9.17, 15) is 0 Å². The van der Waals surface area contributed by atoms with Crippen LogP contribution in [-0.4, -0.2) is 0 Å². The van der Waals surface area contributed by atoms with Crippen molar-refractivity contribution in [3.63, 3.8) is 0 Å². The Hall–Kier alpha value is 0. The van der Waals surface area contributed by atoms with E-state index < -0.39 is 0 Å². The monoisotopic (exact) mass is 215 g/mol. The molecule has 0 aromatic heterocycles. The van der Waals surface area contributed by atoms with E-state index in [2.05, 4.69) is 55.4 Å². The van der Waals surface area contributed by atoms with Gasteiger partial charge >= 0.3 is 0 Å². The minimum absolute atomic E-state index is 0.432. The summed E-state index contributed by atoms with van der Waals surface area (Å²) in [5.41, 5.74) is 0.954. The molecular formula is C15H34. The third kappa shape index (κ3) is 24.9. The van der Waals surface area contributed by atoms with Crippen LogP contribution in [0.3, 0.4) is 0 Å². The standard InChI is InChI=1S/C8H18.C7H16/c1-7(2)6-8(3,4)5;1-5-6-7(2,3)4/h7H,6H2,1-5H3;5-6H2,1-4H3/i;1D. The van der Waals surface area contributed by atoms with Crippen molar-refractivity contribution in [2.75, 3.05) is 0 Å². The van der Waals surface area contributed by atoms with Crippen LogP contribution in [0.2, 0.25) is 0 Å². The molecule has 0 saturated heterocycles. The summed E-state index contributed by atoms with van der Waals surface area (Å²) in [4.78, 5) is 0. The number of hydrogen-bond donors (Lipinski definition) is 0. The molecule has 0 radical (unpaired) electrons. The van der Waals surface area contributed by atoms with Gasteiger partial charge in [0.2, 0.25) is 0 Å². The van der Waals surface area contributed by atoms with Crippen LogP contribution in [0.15, 0.2) is 0 Å². The highest BCUT2D eigenvalue weighted by molar-refractivity contribution is 4.62. The van der Waals surface area contributed by atoms with E-state index in [0.717, 1.165) is 12.3 Å². The zero-order valence-electron chi connectivity index (χ0n) is 13.4. The van der Waals surface area contributed by atoms with E-state index in [1.807, 2.05) is 0 Å². The molecule has 0 nitrogen and oxygen atoms in total. The third-order valence-corrected chi connectivity index (χ3v) is 1.95. The van der Waals surface area contributed by atoms with Crippen LogP contribution in [0, 0.1) is 16.7 Å². The molecular weight excluding hydrogens is 180 g/mol. The van der Waals surface area contributed by atoms with Crippen molar-refractivity contribution in [3.8, 4) is 0 Å². The largest absolute Gasteiger partial charge is 0.0654 e. The lowest BCUT2D eigenvalue weighted by Gasteiger charge is -2.19. The van der Waals surface area contributed by atoms with Gasteiger partial charge in [-0.25, -0.2) is 0 Å². The highest BCUT2D eigenvalue weighted by Gasteiger charge is 2.11. The summed E-state index contributed by atoms with van der Waals surface area (Å²) in [7, 11) is 0. The summed E-state index contributed by atoms with van der Waals surface area (Å²) in [6, 6.07) is 0. The SMILES string of the molecule is CC(C)CC(C)(C)C.[2H]CCCC(C)(C)C. The van der Waals surface area contributed by atoms with Crippen molar-refractivity contribution in [3.05, 3.63) is 0 Å². The van der Waals surface area contributed by atoms with E-state index in [0.29, 0.717) is 17.7 Å². The molecule has 0 aromatic carbocycles. The summed E-state index contributed by atoms with van der Waals surface area (Å²) in [6.45, 7) is 18.6. The fourth-order valence-corrected chi connectivity index (χ4v) is 1.76. The van der Waals surface area contributed by atoms with Crippen molar-refractivity contribution < 1.29 is 1.37 Å². The molecule has 0 amide bonds. The second-order valence-electron chi connectivity index (χ2n) is 7.32. The van der Waals surface area contributed by atoms with Gasteiger partial charge in [0.05, 0.1) is 0 Å². The molecule has 0 saturated carbocycles. The molecule has 0 heterocycles. The van der Waals surface area contributed by atoms with Crippen LogP contribution >= 0.6 is 0 Å². The molecule has 0 atom stereocenters. The van der Waals surface area contributed by atoms with Gasteiger partial charge in [-0.05, 0) is 29.6 Å². The minimum Gasteiger partial charge on any atom is -0.0654 e. The molecule has 15 heavy (non-hydrogen) atoms. The zero-order valence-corrected chi connectivity index (χ0v) is 12.4. The van der Waals surface area contributed by atoms with Crippen LogP contribution in [0.4, 0.5) is 0 Å². The van der Waals surface area contributed by atoms with Gasteiger partial charge in [-0.3, -0.25) is 0 Å². The molecule has 0 unspecified atom stereocenters. The molecule has 0 N–H and O–H groups in total. The van der Waals surface area contributed by atoms with Gasteiger partial charge in [-0.15, -0.1) is 0 Å². The maximum Gasteiger partial charge on any atom is 0.0230 e. The van der Waals surface area contributed by atoms with Crippen molar-refractivity contribution in [1.82, 2.24) is 0 Å². The van der Waals surface area contributed by atoms with E-state index in [-0.39, 0.29) is 0 Å². The molecule has 0 bridgehead atoms. The van der Waals surface area contributed by atoms with Crippen molar-refractivity contribution >= 4 is 0 Å². The molecule has 94 valence electrons. The quantitative estimate of drug-likeness (QED) is 0.537. The summed E-state index contributed by atoms with van der Waals surface area (Å²) in [5, 5.41) is 0. The van der Waals surface area contributed by atoms with Crippen LogP contribution in [0.5, 0.6) is 0 Å². The smallest absolute Gasteiger partial charge is 0.0230 e. The molecule has 0 aliphatic carbocycles. The Morgan fingerprint density at radius 1 is 0.933 bits per heavy atom. The van der Waals surface area contributed by atoms with Crippen LogP contribution < -0.4 is 0 Å². The summed E-state index contributed by atoms with van der Waals surface area (Å²) in [6.07, 6.45) is 3.55. The normalized spacial score (nSPS) is 13.3. The third-order valence-electron chi connectivity index (χ3n) is 1.95. The van der Waals surface area contributed by atoms with Gasteiger partial charge in [-0.1, -0.05) is 68.7 Å². The summed E-state index contributed by atoms with van der Waals surface area (Å²) in [5.74, 6) is 0.843. The van der Waals surface area contributed by atoms with Gasteiger partial charge in [0, 0.05) is 1.37 Å². The van der Waals surface area contributed by atoms with Gasteiger partial charge in [-0.2, -0.15) is 0 Å². The Labute approximate surface area is 100 Å². The Balaban J connectivity index is 0. The Kier molecular flexibility index (Phi) is 7.30. The average molecular weight is 215 g/mol. The highest BCUT2D eigenvalue weighted by atomic mass is 14.2. The molecule has 0 aliphatic rings. The number of rotatable bonds is 2. The lowest BCUT2D eigenvalue weighted by Crippen LogP contribution is -2.08. The van der Waals surface area contributed by atoms with Crippen molar-refractivity contribution in [2.45, 2.75) is 81.6 Å². The fraction of sp³-hybridized carbons (Fsp3) is 1.00. The van der Waals surface area contributed by atoms with Crippen LogP contribution in [0.1, 0.15) is 82.9 Å². The van der Waals surface area contributed by atoms with E-state index in [1.165, 1.54) is 12.8 Å². The molecule has 0 spiro atoms. The minimum atomic E-state index is 0.432. The Morgan fingerprint density at radius 2 is 1.40 bits per heavy atom. The van der Waals surface area contributed by atoms with Crippen LogP contribution in [0.25, 0.3) is 0 Å². The zero-order chi connectivity index (χ0) is 13.4. The molecule has 0 aliphatic heterocycles. The molecule has 0 heteroatoms. The Bertz CT molecular complexity index is 146. The maximum absolute atomic E-state index is 6.88. The lowest BCUT2D eigenvalue weighted by molar-refractivity contribution is 0.320. The first kappa shape index (κ1) is 15.0. The summed E-state index contributed by atoms with van der Waals surface area (Å²) < 4.78 is 6.88. The first-order valence-electron chi connectivity index (χ1n) is 6.98. The second kappa shape index (κ2) is 7.30. The van der Waals surface area contributed by atoms with E-state index in [1.54, 1.807) is 0 Å². The van der Waals surface area contributed by atoms with Gasteiger partial charge < -0.3 is 0 Å². The lowest BCUT2D eigenvalue weighted by atomic mass is 9.86. The maximum atomic E-state index is 6.88. The first-order chi connectivity index (χ1) is 6.98. The highest BCUT2D eigenvalue weighted by Crippen LogP contribution is 2.23. The topological polar surface area (TPSA) is 0 Å². The van der Waals surface area contributed by atoms with Gasteiger partial charge in [0.1, 0.15) is 0 Å². The average Bonchev–Trinajstić information content (AvgIpc) is 1.95. The van der Waals surface area contributed by atoms with E-state index in [4.69, 9.17) is 1.37 Å². The molecule has 0 rings (SSSR count). The molecule has 0 aromatic rings. The van der Waals surface area contributed by atoms with Crippen molar-refractivity contribution in [1.29, 1.82) is 0 Å². The second-order valence-corrected chi connectivity index (χ2v) is 7.32. The predicted octanol–water partition coefficient (Wildman–Crippen LogP) is 5.91. The first-order valence-corrected chi connectivity index (χ1v) is 6.27. The van der Waals surface area contributed by atoms with Gasteiger partial charge in [0.25, 0.3) is 0 Å². The number of hydrogen-bond acceptors (Lipinski definition) is 0. The fourth-order valence-electron chi connectivity index (χ4n) is 1.76. The van der Waals surface area contributed by atoms with Crippen molar-refractivity contribution in [2.24, 2.45) is 16.7 Å². The van der Waals surface area contributed by atoms with E-state index >= 15 is 0 Å². The van der Waals surface area contributed by atoms with Gasteiger partial charge in [0.15, 0.2) is 0 Å². The van der Waals surface area contributed by atoms with Crippen LogP contribution in [-0.2, 0) is 0 Å². The Morgan fingerprint density at radius 3 is 1.47 bits per heavy atom. The molecule has 0 fully saturated rings. The summed E-state index contributed by atoms with van der Waals surface area (Å²) >= 11 is 0.